The topological polar surface area (TPSA) is 166 Å². The minimum Gasteiger partial charge on any atom is -0.400 e. The van der Waals surface area contributed by atoms with Gasteiger partial charge in [-0.3, -0.25) is 0 Å². The Kier molecular flexibility index (Phi) is 12.4. The van der Waals surface area contributed by atoms with Gasteiger partial charge >= 0.3 is 0 Å². The van der Waals surface area contributed by atoms with Crippen LogP contribution in [0.2, 0.25) is 0 Å². The molecule has 214 valence electrons. The predicted molar refractivity (Wildman–Crippen MR) is 148 cm³/mol. The third-order valence-electron chi connectivity index (χ3n) is 6.84. The van der Waals surface area contributed by atoms with Gasteiger partial charge in [-0.15, -0.1) is 0 Å². The van der Waals surface area contributed by atoms with Crippen LogP contribution < -0.4 is 19.6 Å². The van der Waals surface area contributed by atoms with Gasteiger partial charge in [0.2, 0.25) is 11.9 Å². The third kappa shape index (κ3) is 7.29. The van der Waals surface area contributed by atoms with Gasteiger partial charge in [0.15, 0.2) is 11.6 Å². The summed E-state index contributed by atoms with van der Waals surface area (Å²) in [6, 6.07) is 0. The van der Waals surface area contributed by atoms with Gasteiger partial charge in [0.25, 0.3) is 0 Å². The van der Waals surface area contributed by atoms with E-state index in [0.717, 1.165) is 70.6 Å². The van der Waals surface area contributed by atoms with Crippen molar-refractivity contribution < 1.29 is 25.5 Å². The van der Waals surface area contributed by atoms with Crippen molar-refractivity contribution in [3.63, 3.8) is 0 Å². The second-order valence-electron chi connectivity index (χ2n) is 9.36. The maximum atomic E-state index is 9.64. The normalized spacial score (nSPS) is 15.8. The lowest BCUT2D eigenvalue weighted by Gasteiger charge is -2.33. The van der Waals surface area contributed by atoms with Crippen LogP contribution in [0.5, 0.6) is 0 Å². The molecular weight excluding hydrogens is 492 g/mol. The first kappa shape index (κ1) is 30.0. The number of anilines is 4. The van der Waals surface area contributed by atoms with E-state index in [1.807, 2.05) is 0 Å². The molecule has 2 fully saturated rings. The van der Waals surface area contributed by atoms with Crippen LogP contribution in [0.1, 0.15) is 38.5 Å². The predicted octanol–water partition coefficient (Wildman–Crippen LogP) is -0.409. The average Bonchev–Trinajstić information content (AvgIpc) is 2.98. The van der Waals surface area contributed by atoms with Gasteiger partial charge in [-0.2, -0.15) is 9.97 Å². The molecule has 0 radical (unpaired) electrons. The Morgan fingerprint density at radius 2 is 0.842 bits per heavy atom. The van der Waals surface area contributed by atoms with E-state index in [4.69, 9.17) is 25.0 Å². The Hall–Kier alpha value is -2.58. The van der Waals surface area contributed by atoms with Crippen molar-refractivity contribution in [1.82, 2.24) is 19.9 Å². The van der Waals surface area contributed by atoms with Crippen LogP contribution >= 0.6 is 0 Å². The summed E-state index contributed by atoms with van der Waals surface area (Å²) < 4.78 is 0. The first-order valence-corrected chi connectivity index (χ1v) is 13.7. The Morgan fingerprint density at radius 3 is 1.13 bits per heavy atom. The summed E-state index contributed by atoms with van der Waals surface area (Å²) in [5, 5.41) is 45.6. The summed E-state index contributed by atoms with van der Waals surface area (Å²) in [4.78, 5) is 27.8. The Balaban J connectivity index is 0.00000195. The molecule has 2 aliphatic heterocycles. The fraction of sp³-hybridized carbons (Fsp3) is 0.760. The van der Waals surface area contributed by atoms with Crippen LogP contribution in [0.3, 0.4) is 0 Å². The lowest BCUT2D eigenvalue weighted by Crippen LogP contribution is -2.36. The Labute approximate surface area is 224 Å². The molecule has 13 heteroatoms. The second kappa shape index (κ2) is 15.7. The summed E-state index contributed by atoms with van der Waals surface area (Å²) in [6.07, 6.45) is 6.61. The number of nitrogens with zero attached hydrogens (tertiary/aromatic N) is 8. The zero-order valence-corrected chi connectivity index (χ0v) is 22.5. The molecule has 2 aliphatic rings. The van der Waals surface area contributed by atoms with Crippen LogP contribution in [0.4, 0.5) is 23.5 Å². The number of aliphatic hydroxyl groups excluding tert-OH is 5. The fourth-order valence-electron chi connectivity index (χ4n) is 5.00. The van der Waals surface area contributed by atoms with Crippen LogP contribution in [0.15, 0.2) is 0 Å². The van der Waals surface area contributed by atoms with E-state index < -0.39 is 0 Å². The highest BCUT2D eigenvalue weighted by Crippen LogP contribution is 2.34. The molecule has 0 aliphatic carbocycles. The van der Waals surface area contributed by atoms with Crippen molar-refractivity contribution in [1.29, 1.82) is 0 Å². The molecule has 2 saturated heterocycles. The standard InChI is InChI=1S/C24H40N8O4.CH4O/c33-15-11-31(12-16-34)23-26-20-19(21(27-23)29-7-3-1-4-8-29)25-24(32(13-17-35)14-18-36)28-22(20)30-9-5-2-6-10-30;1-2/h33-36H,1-18H2;2H,1H3. The number of hydrogen-bond donors (Lipinski definition) is 5. The molecule has 4 rings (SSSR count). The third-order valence-corrected chi connectivity index (χ3v) is 6.84. The number of aromatic nitrogens is 4. The van der Waals surface area contributed by atoms with E-state index in [-0.39, 0.29) is 26.4 Å². The zero-order chi connectivity index (χ0) is 27.3. The largest absolute Gasteiger partial charge is 0.400 e. The molecule has 0 saturated carbocycles. The van der Waals surface area contributed by atoms with E-state index in [1.165, 1.54) is 12.8 Å². The number of fused-ring (bicyclic) bond motifs is 1. The van der Waals surface area contributed by atoms with Crippen molar-refractivity contribution in [2.75, 3.05) is 105 Å². The van der Waals surface area contributed by atoms with Crippen molar-refractivity contribution in [2.24, 2.45) is 0 Å². The lowest BCUT2D eigenvalue weighted by molar-refractivity contribution is 0.279. The highest BCUT2D eigenvalue weighted by Gasteiger charge is 2.27. The van der Waals surface area contributed by atoms with Crippen LogP contribution in [-0.4, -0.2) is 131 Å². The summed E-state index contributed by atoms with van der Waals surface area (Å²) in [5.74, 6) is 2.35. The first-order chi connectivity index (χ1) is 18.7. The monoisotopic (exact) mass is 536 g/mol. The number of rotatable bonds is 12. The summed E-state index contributed by atoms with van der Waals surface area (Å²) in [5.41, 5.74) is 1.31. The maximum absolute atomic E-state index is 9.64. The molecule has 38 heavy (non-hydrogen) atoms. The van der Waals surface area contributed by atoms with Crippen LogP contribution in [0.25, 0.3) is 11.0 Å². The molecule has 13 nitrogen and oxygen atoms in total. The van der Waals surface area contributed by atoms with E-state index >= 15 is 0 Å². The summed E-state index contributed by atoms with van der Waals surface area (Å²) in [6.45, 7) is 4.38. The minimum atomic E-state index is -0.0772. The summed E-state index contributed by atoms with van der Waals surface area (Å²) >= 11 is 0. The van der Waals surface area contributed by atoms with Gasteiger partial charge in [0.05, 0.1) is 26.4 Å². The summed E-state index contributed by atoms with van der Waals surface area (Å²) in [7, 11) is 1.00. The van der Waals surface area contributed by atoms with E-state index in [2.05, 4.69) is 9.80 Å². The van der Waals surface area contributed by atoms with Crippen molar-refractivity contribution in [2.45, 2.75) is 38.5 Å². The smallest absolute Gasteiger partial charge is 0.228 e. The number of aliphatic hydroxyl groups is 5. The maximum Gasteiger partial charge on any atom is 0.228 e. The van der Waals surface area contributed by atoms with Gasteiger partial charge in [0, 0.05) is 59.5 Å². The molecule has 2 aromatic heterocycles. The van der Waals surface area contributed by atoms with Crippen molar-refractivity contribution in [3.8, 4) is 0 Å². The molecule has 4 heterocycles. The van der Waals surface area contributed by atoms with Crippen molar-refractivity contribution in [3.05, 3.63) is 0 Å². The second-order valence-corrected chi connectivity index (χ2v) is 9.36. The van der Waals surface area contributed by atoms with Gasteiger partial charge in [0.1, 0.15) is 11.0 Å². The average molecular weight is 537 g/mol. The Bertz CT molecular complexity index is 883. The SMILES string of the molecule is CO.OCCN(CCO)c1nc(N2CCCCC2)c2nc(N(CCO)CCO)nc(N3CCCCC3)c2n1. The van der Waals surface area contributed by atoms with Gasteiger partial charge in [-0.1, -0.05) is 0 Å². The fourth-order valence-corrected chi connectivity index (χ4v) is 5.00. The van der Waals surface area contributed by atoms with Crippen LogP contribution in [-0.2, 0) is 0 Å². The highest BCUT2D eigenvalue weighted by atomic mass is 16.3. The molecule has 0 unspecified atom stereocenters. The number of hydrogen-bond acceptors (Lipinski definition) is 13. The molecule has 5 N–H and O–H groups in total. The minimum absolute atomic E-state index is 0.0772. The zero-order valence-electron chi connectivity index (χ0n) is 22.5. The van der Waals surface area contributed by atoms with Gasteiger partial charge in [-0.05, 0) is 38.5 Å². The highest BCUT2D eigenvalue weighted by molar-refractivity contribution is 5.95. The number of piperidine rings is 2. The quantitative estimate of drug-likeness (QED) is 0.238. The molecule has 0 bridgehead atoms. The molecule has 0 aromatic carbocycles. The van der Waals surface area contributed by atoms with E-state index in [0.29, 0.717) is 49.1 Å². The van der Waals surface area contributed by atoms with Crippen LogP contribution in [0, 0.1) is 0 Å². The van der Waals surface area contributed by atoms with Gasteiger partial charge < -0.3 is 45.1 Å². The molecule has 2 aromatic rings. The van der Waals surface area contributed by atoms with E-state index in [1.54, 1.807) is 9.80 Å². The Morgan fingerprint density at radius 1 is 0.526 bits per heavy atom. The molecular formula is C25H44N8O5. The van der Waals surface area contributed by atoms with E-state index in [9.17, 15) is 20.4 Å². The molecule has 0 atom stereocenters. The molecule has 0 spiro atoms. The first-order valence-electron chi connectivity index (χ1n) is 13.7. The van der Waals surface area contributed by atoms with Crippen molar-refractivity contribution >= 4 is 34.6 Å². The lowest BCUT2D eigenvalue weighted by atomic mass is 10.1. The molecule has 0 amide bonds. The van der Waals surface area contributed by atoms with Gasteiger partial charge in [-0.25, -0.2) is 9.97 Å².